The largest absolute Gasteiger partial charge is 0.480 e. The van der Waals surface area contributed by atoms with E-state index in [1.165, 1.54) is 6.07 Å². The predicted molar refractivity (Wildman–Crippen MR) is 75.7 cm³/mol. The zero-order valence-electron chi connectivity index (χ0n) is 12.2. The number of carbonyl (C=O) groups is 1. The molecule has 0 saturated heterocycles. The fourth-order valence-electron chi connectivity index (χ4n) is 2.22. The number of nitrogens with zero attached hydrogens (tertiary/aromatic N) is 2. The molecular weight excluding hydrogens is 260 g/mol. The molecule has 0 fully saturated rings. The van der Waals surface area contributed by atoms with Gasteiger partial charge in [0.05, 0.1) is 4.92 Å². The van der Waals surface area contributed by atoms with Gasteiger partial charge in [-0.25, -0.2) is 0 Å². The average Bonchev–Trinajstić information content (AvgIpc) is 2.38. The van der Waals surface area contributed by atoms with Crippen LogP contribution in [0, 0.1) is 17.0 Å². The fraction of sp³-hybridized carbons (Fsp3) is 0.500. The van der Waals surface area contributed by atoms with Crippen LogP contribution in [0.1, 0.15) is 37.4 Å². The summed E-state index contributed by atoms with van der Waals surface area (Å²) in [5, 5.41) is 20.1. The molecule has 0 aliphatic carbocycles. The van der Waals surface area contributed by atoms with Crippen molar-refractivity contribution in [1.29, 1.82) is 0 Å². The molecule has 0 saturated carbocycles. The highest BCUT2D eigenvalue weighted by Gasteiger charge is 2.26. The summed E-state index contributed by atoms with van der Waals surface area (Å²) in [6.45, 7) is 5.34. The van der Waals surface area contributed by atoms with Crippen molar-refractivity contribution in [2.45, 2.75) is 39.3 Å². The van der Waals surface area contributed by atoms with Crippen LogP contribution in [0.2, 0.25) is 0 Å². The molecule has 1 aromatic rings. The molecule has 2 unspecified atom stereocenters. The molecule has 1 aromatic carbocycles. The molecule has 1 rings (SSSR count). The van der Waals surface area contributed by atoms with E-state index in [0.717, 1.165) is 5.56 Å². The minimum Gasteiger partial charge on any atom is -0.480 e. The van der Waals surface area contributed by atoms with Crippen molar-refractivity contribution in [3.05, 3.63) is 39.4 Å². The topological polar surface area (TPSA) is 83.7 Å². The van der Waals surface area contributed by atoms with E-state index in [4.69, 9.17) is 0 Å². The Kier molecular flexibility index (Phi) is 5.21. The Hall–Kier alpha value is -1.95. The number of benzene rings is 1. The van der Waals surface area contributed by atoms with Crippen molar-refractivity contribution >= 4 is 11.7 Å². The first-order valence-electron chi connectivity index (χ1n) is 6.49. The number of hydrogen-bond donors (Lipinski definition) is 1. The molecule has 110 valence electrons. The van der Waals surface area contributed by atoms with Crippen LogP contribution in [0.15, 0.2) is 18.2 Å². The second-order valence-corrected chi connectivity index (χ2v) is 4.91. The van der Waals surface area contributed by atoms with Crippen molar-refractivity contribution < 1.29 is 14.8 Å². The minimum absolute atomic E-state index is 0.0612. The maximum atomic E-state index is 11.2. The molecule has 6 nitrogen and oxygen atoms in total. The summed E-state index contributed by atoms with van der Waals surface area (Å²) >= 11 is 0. The Labute approximate surface area is 118 Å². The standard InChI is InChI=1S/C14H20N2O4/c1-5-12(14(17)18)15(4)10(3)11-7-6-9(2)13(8-11)16(19)20/h6-8,10,12H,5H2,1-4H3,(H,17,18). The third-order valence-electron chi connectivity index (χ3n) is 3.69. The van der Waals surface area contributed by atoms with Crippen LogP contribution in [-0.2, 0) is 4.79 Å². The van der Waals surface area contributed by atoms with Crippen molar-refractivity contribution in [2.75, 3.05) is 7.05 Å². The van der Waals surface area contributed by atoms with Gasteiger partial charge in [0.2, 0.25) is 0 Å². The molecular formula is C14H20N2O4. The Bertz CT molecular complexity index is 516. The first-order valence-corrected chi connectivity index (χ1v) is 6.49. The number of nitro groups is 1. The first-order chi connectivity index (χ1) is 9.29. The highest BCUT2D eigenvalue weighted by molar-refractivity contribution is 5.73. The summed E-state index contributed by atoms with van der Waals surface area (Å²) in [6.07, 6.45) is 0.476. The van der Waals surface area contributed by atoms with Gasteiger partial charge < -0.3 is 5.11 Å². The van der Waals surface area contributed by atoms with E-state index in [0.29, 0.717) is 12.0 Å². The second kappa shape index (κ2) is 6.47. The Morgan fingerprint density at radius 3 is 2.55 bits per heavy atom. The van der Waals surface area contributed by atoms with E-state index in [1.807, 2.05) is 6.92 Å². The number of aliphatic carboxylic acids is 1. The summed E-state index contributed by atoms with van der Waals surface area (Å²) in [5.41, 5.74) is 1.40. The molecule has 1 N–H and O–H groups in total. The van der Waals surface area contributed by atoms with Gasteiger partial charge in [0, 0.05) is 17.7 Å². The van der Waals surface area contributed by atoms with Gasteiger partial charge in [-0.1, -0.05) is 19.1 Å². The lowest BCUT2D eigenvalue weighted by Gasteiger charge is -2.30. The van der Waals surface area contributed by atoms with Gasteiger partial charge in [-0.15, -0.1) is 0 Å². The summed E-state index contributed by atoms with van der Waals surface area (Å²) < 4.78 is 0. The number of likely N-dealkylation sites (N-methyl/N-ethyl adjacent to an activating group) is 1. The molecule has 0 aliphatic rings. The first kappa shape index (κ1) is 16.1. The van der Waals surface area contributed by atoms with Gasteiger partial charge in [0.15, 0.2) is 0 Å². The SMILES string of the molecule is CCC(C(=O)O)N(C)C(C)c1ccc(C)c([N+](=O)[O-])c1. The Balaban J connectivity index is 3.08. The van der Waals surface area contributed by atoms with Crippen LogP contribution in [0.5, 0.6) is 0 Å². The Morgan fingerprint density at radius 2 is 2.10 bits per heavy atom. The molecule has 20 heavy (non-hydrogen) atoms. The highest BCUT2D eigenvalue weighted by atomic mass is 16.6. The van der Waals surface area contributed by atoms with Crippen LogP contribution in [0.25, 0.3) is 0 Å². The van der Waals surface area contributed by atoms with Gasteiger partial charge in [-0.2, -0.15) is 0 Å². The molecule has 0 spiro atoms. The van der Waals surface area contributed by atoms with Crippen LogP contribution in [0.4, 0.5) is 5.69 Å². The van der Waals surface area contributed by atoms with Crippen molar-refractivity contribution in [3.8, 4) is 0 Å². The Morgan fingerprint density at radius 1 is 1.50 bits per heavy atom. The number of rotatable bonds is 6. The lowest BCUT2D eigenvalue weighted by atomic mass is 10.0. The fourth-order valence-corrected chi connectivity index (χ4v) is 2.22. The maximum absolute atomic E-state index is 11.2. The minimum atomic E-state index is -0.886. The molecule has 0 bridgehead atoms. The second-order valence-electron chi connectivity index (χ2n) is 4.91. The van der Waals surface area contributed by atoms with E-state index in [1.54, 1.807) is 37.9 Å². The smallest absolute Gasteiger partial charge is 0.320 e. The molecule has 0 aliphatic heterocycles. The van der Waals surface area contributed by atoms with Gasteiger partial charge >= 0.3 is 5.97 Å². The molecule has 0 heterocycles. The number of aryl methyl sites for hydroxylation is 1. The molecule has 6 heteroatoms. The van der Waals surface area contributed by atoms with Gasteiger partial charge in [0.1, 0.15) is 6.04 Å². The van der Waals surface area contributed by atoms with Crippen molar-refractivity contribution in [1.82, 2.24) is 4.90 Å². The number of carboxylic acids is 1. The van der Waals surface area contributed by atoms with Gasteiger partial charge in [-0.3, -0.25) is 19.8 Å². The van der Waals surface area contributed by atoms with E-state index in [9.17, 15) is 20.0 Å². The predicted octanol–water partition coefficient (Wildman–Crippen LogP) is 2.76. The average molecular weight is 280 g/mol. The van der Waals surface area contributed by atoms with E-state index in [-0.39, 0.29) is 11.7 Å². The number of carboxylic acid groups (broad SMARTS) is 1. The van der Waals surface area contributed by atoms with Crippen LogP contribution in [-0.4, -0.2) is 34.0 Å². The number of hydrogen-bond acceptors (Lipinski definition) is 4. The van der Waals surface area contributed by atoms with Crippen LogP contribution in [0.3, 0.4) is 0 Å². The maximum Gasteiger partial charge on any atom is 0.320 e. The lowest BCUT2D eigenvalue weighted by Crippen LogP contribution is -2.39. The van der Waals surface area contributed by atoms with Crippen molar-refractivity contribution in [2.24, 2.45) is 0 Å². The molecule has 0 radical (unpaired) electrons. The normalized spacial score (nSPS) is 14.1. The zero-order chi connectivity index (χ0) is 15.4. The molecule has 0 aromatic heterocycles. The van der Waals surface area contributed by atoms with Gasteiger partial charge in [0.25, 0.3) is 5.69 Å². The quantitative estimate of drug-likeness (QED) is 0.640. The summed E-state index contributed by atoms with van der Waals surface area (Å²) in [4.78, 5) is 23.5. The van der Waals surface area contributed by atoms with E-state index in [2.05, 4.69) is 0 Å². The lowest BCUT2D eigenvalue weighted by molar-refractivity contribution is -0.385. The van der Waals surface area contributed by atoms with E-state index >= 15 is 0 Å². The summed E-state index contributed by atoms with van der Waals surface area (Å²) in [5.74, 6) is -0.886. The van der Waals surface area contributed by atoms with E-state index < -0.39 is 16.9 Å². The zero-order valence-corrected chi connectivity index (χ0v) is 12.2. The van der Waals surface area contributed by atoms with Crippen LogP contribution < -0.4 is 0 Å². The highest BCUT2D eigenvalue weighted by Crippen LogP contribution is 2.27. The molecule has 0 amide bonds. The third kappa shape index (κ3) is 3.33. The summed E-state index contributed by atoms with van der Waals surface area (Å²) in [7, 11) is 1.72. The van der Waals surface area contributed by atoms with Crippen molar-refractivity contribution in [3.63, 3.8) is 0 Å². The summed E-state index contributed by atoms with van der Waals surface area (Å²) in [6, 6.07) is 4.20. The van der Waals surface area contributed by atoms with Crippen LogP contribution >= 0.6 is 0 Å². The monoisotopic (exact) mass is 280 g/mol. The number of nitro benzene ring substituents is 1. The van der Waals surface area contributed by atoms with Gasteiger partial charge in [-0.05, 0) is 32.9 Å². The molecule has 2 atom stereocenters. The third-order valence-corrected chi connectivity index (χ3v) is 3.69.